The number of anilines is 1. The van der Waals surface area contributed by atoms with Crippen molar-refractivity contribution in [2.75, 3.05) is 4.90 Å². The molecule has 0 N–H and O–H groups in total. The number of benzene rings is 2. The molecule has 2 heterocycles. The second kappa shape index (κ2) is 6.86. The second-order valence-corrected chi connectivity index (χ2v) is 7.02. The maximum atomic E-state index is 13.3. The molecule has 1 aliphatic heterocycles. The van der Waals surface area contributed by atoms with Crippen molar-refractivity contribution < 1.29 is 9.18 Å². The molecular formula is C20H12ClFN2OS. The normalized spacial score (nSPS) is 15.6. The summed E-state index contributed by atoms with van der Waals surface area (Å²) in [4.78, 5) is 20.0. The Labute approximate surface area is 158 Å². The van der Waals surface area contributed by atoms with Crippen LogP contribution in [0.5, 0.6) is 0 Å². The number of thiophene rings is 1. The minimum atomic E-state index is -0.342. The van der Waals surface area contributed by atoms with E-state index in [1.807, 2.05) is 17.5 Å². The number of halogens is 2. The van der Waals surface area contributed by atoms with Gasteiger partial charge in [-0.2, -0.15) is 0 Å². The third kappa shape index (κ3) is 3.19. The number of carbonyl (C=O) groups excluding carboxylic acids is 1. The molecule has 1 aliphatic rings. The van der Waals surface area contributed by atoms with Gasteiger partial charge < -0.3 is 0 Å². The van der Waals surface area contributed by atoms with E-state index in [0.29, 0.717) is 27.8 Å². The highest BCUT2D eigenvalue weighted by Crippen LogP contribution is 2.29. The van der Waals surface area contributed by atoms with E-state index >= 15 is 0 Å². The summed E-state index contributed by atoms with van der Waals surface area (Å²) >= 11 is 7.49. The molecule has 26 heavy (non-hydrogen) atoms. The fourth-order valence-corrected chi connectivity index (χ4v) is 3.42. The van der Waals surface area contributed by atoms with Crippen molar-refractivity contribution in [3.63, 3.8) is 0 Å². The van der Waals surface area contributed by atoms with Crippen molar-refractivity contribution in [3.05, 3.63) is 93.0 Å². The molecule has 0 aliphatic carbocycles. The van der Waals surface area contributed by atoms with Gasteiger partial charge in [-0.15, -0.1) is 11.3 Å². The van der Waals surface area contributed by atoms with Crippen LogP contribution in [0.15, 0.2) is 76.7 Å². The Morgan fingerprint density at radius 3 is 2.42 bits per heavy atom. The van der Waals surface area contributed by atoms with Gasteiger partial charge in [-0.1, -0.05) is 17.7 Å². The largest absolute Gasteiger partial charge is 0.282 e. The van der Waals surface area contributed by atoms with Crippen molar-refractivity contribution in [3.8, 4) is 0 Å². The molecule has 3 nitrogen and oxygen atoms in total. The molecule has 2 aromatic carbocycles. The van der Waals surface area contributed by atoms with Gasteiger partial charge in [-0.3, -0.25) is 9.69 Å². The highest BCUT2D eigenvalue weighted by molar-refractivity contribution is 7.10. The number of nitrogens with zero attached hydrogens (tertiary/aromatic N) is 2. The molecule has 0 atom stereocenters. The standard InChI is InChI=1S/C20H12ClFN2OS/c21-14-5-9-16(10-6-14)24-19(13-3-7-15(22)8-4-13)23-18(20(24)25)12-17-2-1-11-26-17/h1-12H/b18-12+. The Bertz CT molecular complexity index is 1010. The molecule has 6 heteroatoms. The Morgan fingerprint density at radius 1 is 1.04 bits per heavy atom. The number of rotatable bonds is 3. The van der Waals surface area contributed by atoms with E-state index in [4.69, 9.17) is 11.6 Å². The summed E-state index contributed by atoms with van der Waals surface area (Å²) in [5.41, 5.74) is 1.64. The van der Waals surface area contributed by atoms with Crippen LogP contribution >= 0.6 is 22.9 Å². The first-order valence-electron chi connectivity index (χ1n) is 7.82. The molecule has 0 fully saturated rings. The maximum absolute atomic E-state index is 13.3. The van der Waals surface area contributed by atoms with Gasteiger partial charge in [0.25, 0.3) is 5.91 Å². The third-order valence-corrected chi connectivity index (χ3v) is 4.94. The van der Waals surface area contributed by atoms with Crippen LogP contribution in [0.25, 0.3) is 6.08 Å². The minimum absolute atomic E-state index is 0.236. The number of aliphatic imine (C=N–C) groups is 1. The Morgan fingerprint density at radius 2 is 1.77 bits per heavy atom. The zero-order valence-corrected chi connectivity index (χ0v) is 15.0. The van der Waals surface area contributed by atoms with Gasteiger partial charge in [0.15, 0.2) is 0 Å². The summed E-state index contributed by atoms with van der Waals surface area (Å²) in [6.07, 6.45) is 1.76. The zero-order valence-electron chi connectivity index (χ0n) is 13.4. The smallest absolute Gasteiger partial charge is 0.266 e. The second-order valence-electron chi connectivity index (χ2n) is 5.60. The quantitative estimate of drug-likeness (QED) is 0.560. The van der Waals surface area contributed by atoms with Crippen molar-refractivity contribution in [2.24, 2.45) is 4.99 Å². The molecule has 0 radical (unpaired) electrons. The van der Waals surface area contributed by atoms with Gasteiger partial charge in [0, 0.05) is 15.5 Å². The van der Waals surface area contributed by atoms with E-state index in [2.05, 4.69) is 4.99 Å². The molecule has 0 unspecified atom stereocenters. The summed E-state index contributed by atoms with van der Waals surface area (Å²) < 4.78 is 13.3. The number of hydrogen-bond donors (Lipinski definition) is 0. The maximum Gasteiger partial charge on any atom is 0.282 e. The van der Waals surface area contributed by atoms with Crippen LogP contribution in [0.4, 0.5) is 10.1 Å². The summed E-state index contributed by atoms with van der Waals surface area (Å²) in [7, 11) is 0. The van der Waals surface area contributed by atoms with Crippen LogP contribution in [0.1, 0.15) is 10.4 Å². The van der Waals surface area contributed by atoms with Crippen LogP contribution in [0.2, 0.25) is 5.02 Å². The topological polar surface area (TPSA) is 32.7 Å². The molecule has 3 aromatic rings. The first-order chi connectivity index (χ1) is 12.6. The number of carbonyl (C=O) groups is 1. The summed E-state index contributed by atoms with van der Waals surface area (Å²) in [6.45, 7) is 0. The fourth-order valence-electron chi connectivity index (χ4n) is 2.65. The lowest BCUT2D eigenvalue weighted by molar-refractivity contribution is -0.113. The van der Waals surface area contributed by atoms with Crippen LogP contribution < -0.4 is 4.90 Å². The monoisotopic (exact) mass is 382 g/mol. The molecule has 0 saturated carbocycles. The van der Waals surface area contributed by atoms with Crippen LogP contribution in [-0.4, -0.2) is 11.7 Å². The van der Waals surface area contributed by atoms with E-state index in [-0.39, 0.29) is 11.7 Å². The molecule has 128 valence electrons. The average Bonchev–Trinajstić information content (AvgIpc) is 3.26. The van der Waals surface area contributed by atoms with Gasteiger partial charge in [-0.05, 0) is 66.1 Å². The molecule has 1 aromatic heterocycles. The fraction of sp³-hybridized carbons (Fsp3) is 0. The van der Waals surface area contributed by atoms with Crippen molar-refractivity contribution in [1.29, 1.82) is 0 Å². The molecule has 0 bridgehead atoms. The highest BCUT2D eigenvalue weighted by Gasteiger charge is 2.32. The Balaban J connectivity index is 1.82. The Kier molecular flexibility index (Phi) is 4.41. The summed E-state index contributed by atoms with van der Waals surface area (Å²) in [5.74, 6) is -0.119. The predicted octanol–water partition coefficient (Wildman–Crippen LogP) is 5.38. The van der Waals surface area contributed by atoms with E-state index in [1.165, 1.54) is 28.4 Å². The number of amidine groups is 1. The third-order valence-electron chi connectivity index (χ3n) is 3.87. The van der Waals surface area contributed by atoms with Crippen molar-refractivity contribution in [1.82, 2.24) is 0 Å². The first-order valence-corrected chi connectivity index (χ1v) is 9.07. The van der Waals surface area contributed by atoms with Gasteiger partial charge >= 0.3 is 0 Å². The van der Waals surface area contributed by atoms with Gasteiger partial charge in [0.1, 0.15) is 17.3 Å². The van der Waals surface area contributed by atoms with Gasteiger partial charge in [0.05, 0.1) is 5.69 Å². The van der Waals surface area contributed by atoms with E-state index in [1.54, 1.807) is 42.5 Å². The first kappa shape index (κ1) is 16.7. The molecule has 0 spiro atoms. The molecule has 1 amide bonds. The van der Waals surface area contributed by atoms with Gasteiger partial charge in [-0.25, -0.2) is 9.38 Å². The SMILES string of the molecule is O=C1/C(=C\c2cccs2)N=C(c2ccc(F)cc2)N1c1ccc(Cl)cc1. The molecule has 4 rings (SSSR count). The van der Waals surface area contributed by atoms with Crippen LogP contribution in [0, 0.1) is 5.82 Å². The van der Waals surface area contributed by atoms with Crippen LogP contribution in [0.3, 0.4) is 0 Å². The zero-order chi connectivity index (χ0) is 18.1. The van der Waals surface area contributed by atoms with E-state index in [9.17, 15) is 9.18 Å². The lowest BCUT2D eigenvalue weighted by Crippen LogP contribution is -2.32. The number of hydrogen-bond acceptors (Lipinski definition) is 3. The van der Waals surface area contributed by atoms with Crippen molar-refractivity contribution >= 4 is 46.4 Å². The minimum Gasteiger partial charge on any atom is -0.266 e. The predicted molar refractivity (Wildman–Crippen MR) is 104 cm³/mol. The highest BCUT2D eigenvalue weighted by atomic mass is 35.5. The lowest BCUT2D eigenvalue weighted by atomic mass is 10.1. The lowest BCUT2D eigenvalue weighted by Gasteiger charge is -2.18. The summed E-state index contributed by atoms with van der Waals surface area (Å²) in [5, 5.41) is 2.52. The molecule has 0 saturated heterocycles. The Hall–Kier alpha value is -2.76. The summed E-state index contributed by atoms with van der Waals surface area (Å²) in [6, 6.07) is 16.7. The van der Waals surface area contributed by atoms with Crippen molar-refractivity contribution in [2.45, 2.75) is 0 Å². The van der Waals surface area contributed by atoms with E-state index < -0.39 is 0 Å². The molecular weight excluding hydrogens is 371 g/mol. The number of amides is 1. The van der Waals surface area contributed by atoms with E-state index in [0.717, 1.165) is 4.88 Å². The van der Waals surface area contributed by atoms with Gasteiger partial charge in [0.2, 0.25) is 0 Å². The average molecular weight is 383 g/mol. The van der Waals surface area contributed by atoms with Crippen LogP contribution in [-0.2, 0) is 4.79 Å².